The predicted molar refractivity (Wildman–Crippen MR) is 85.0 cm³/mol. The van der Waals surface area contributed by atoms with E-state index in [2.05, 4.69) is 41.0 Å². The van der Waals surface area contributed by atoms with Gasteiger partial charge in [0.2, 0.25) is 0 Å². The summed E-state index contributed by atoms with van der Waals surface area (Å²) in [5.41, 5.74) is 8.68. The van der Waals surface area contributed by atoms with Crippen LogP contribution in [0.3, 0.4) is 0 Å². The Morgan fingerprint density at radius 1 is 1.10 bits per heavy atom. The van der Waals surface area contributed by atoms with Crippen LogP contribution in [0.4, 0.5) is 5.69 Å². The molecule has 0 bridgehead atoms. The SMILES string of the molecule is CC[C@@H](N)c1ccc(N2CCN(CC3CC3)CC2)cc1. The fraction of sp³-hybridized carbons (Fsp3) is 0.647. The van der Waals surface area contributed by atoms with Gasteiger partial charge in [-0.15, -0.1) is 0 Å². The Kier molecular flexibility index (Phi) is 4.27. The molecule has 3 nitrogen and oxygen atoms in total. The second-order valence-electron chi connectivity index (χ2n) is 6.34. The summed E-state index contributed by atoms with van der Waals surface area (Å²) in [5.74, 6) is 1.01. The van der Waals surface area contributed by atoms with Crippen LogP contribution in [0.25, 0.3) is 0 Å². The van der Waals surface area contributed by atoms with Gasteiger partial charge in [-0.2, -0.15) is 0 Å². The van der Waals surface area contributed by atoms with Crippen LogP contribution >= 0.6 is 0 Å². The number of hydrogen-bond donors (Lipinski definition) is 1. The lowest BCUT2D eigenvalue weighted by atomic mass is 10.0. The molecule has 0 aromatic heterocycles. The van der Waals surface area contributed by atoms with Gasteiger partial charge in [-0.05, 0) is 42.9 Å². The molecule has 0 amide bonds. The van der Waals surface area contributed by atoms with E-state index in [0.29, 0.717) is 0 Å². The number of rotatable bonds is 5. The zero-order valence-corrected chi connectivity index (χ0v) is 12.6. The summed E-state index contributed by atoms with van der Waals surface area (Å²) >= 11 is 0. The minimum Gasteiger partial charge on any atom is -0.369 e. The molecule has 1 saturated carbocycles. The summed E-state index contributed by atoms with van der Waals surface area (Å²) in [6.07, 6.45) is 3.91. The number of anilines is 1. The molecule has 1 heterocycles. The Balaban J connectivity index is 1.54. The van der Waals surface area contributed by atoms with Crippen LogP contribution in [0.5, 0.6) is 0 Å². The van der Waals surface area contributed by atoms with Crippen LogP contribution in [-0.2, 0) is 0 Å². The Morgan fingerprint density at radius 2 is 1.75 bits per heavy atom. The molecule has 3 heteroatoms. The maximum absolute atomic E-state index is 6.07. The van der Waals surface area contributed by atoms with Gasteiger partial charge in [-0.1, -0.05) is 19.1 Å². The summed E-state index contributed by atoms with van der Waals surface area (Å²) in [7, 11) is 0. The quantitative estimate of drug-likeness (QED) is 0.895. The lowest BCUT2D eigenvalue weighted by Crippen LogP contribution is -2.47. The number of benzene rings is 1. The van der Waals surface area contributed by atoms with E-state index < -0.39 is 0 Å². The average Bonchev–Trinajstić information content (AvgIpc) is 3.31. The first-order valence-electron chi connectivity index (χ1n) is 8.09. The summed E-state index contributed by atoms with van der Waals surface area (Å²) < 4.78 is 0. The molecule has 1 aliphatic heterocycles. The molecule has 1 aromatic carbocycles. The molecule has 0 spiro atoms. The van der Waals surface area contributed by atoms with Gasteiger partial charge in [-0.3, -0.25) is 4.90 Å². The second kappa shape index (κ2) is 6.15. The number of nitrogens with zero attached hydrogens (tertiary/aromatic N) is 2. The first kappa shape index (κ1) is 13.9. The zero-order chi connectivity index (χ0) is 13.9. The van der Waals surface area contributed by atoms with Crippen LogP contribution < -0.4 is 10.6 Å². The standard InChI is InChI=1S/C17H27N3/c1-2-17(18)15-5-7-16(8-6-15)20-11-9-19(10-12-20)13-14-3-4-14/h5-8,14,17H,2-4,9-13,18H2,1H3/t17-/m1/s1. The molecular formula is C17H27N3. The van der Waals surface area contributed by atoms with Gasteiger partial charge < -0.3 is 10.6 Å². The predicted octanol–water partition coefficient (Wildman–Crippen LogP) is 2.63. The molecule has 1 atom stereocenters. The molecular weight excluding hydrogens is 246 g/mol. The van der Waals surface area contributed by atoms with Crippen LogP contribution in [0.2, 0.25) is 0 Å². The van der Waals surface area contributed by atoms with Gasteiger partial charge in [0.25, 0.3) is 0 Å². The molecule has 2 aliphatic rings. The van der Waals surface area contributed by atoms with Gasteiger partial charge in [0.15, 0.2) is 0 Å². The smallest absolute Gasteiger partial charge is 0.0367 e. The highest BCUT2D eigenvalue weighted by atomic mass is 15.3. The van der Waals surface area contributed by atoms with E-state index in [1.807, 2.05) is 0 Å². The van der Waals surface area contributed by atoms with Crippen molar-refractivity contribution >= 4 is 5.69 Å². The molecule has 0 radical (unpaired) electrons. The Hall–Kier alpha value is -1.06. The van der Waals surface area contributed by atoms with Crippen molar-refractivity contribution in [3.05, 3.63) is 29.8 Å². The highest BCUT2D eigenvalue weighted by molar-refractivity contribution is 5.48. The van der Waals surface area contributed by atoms with Crippen LogP contribution in [-0.4, -0.2) is 37.6 Å². The van der Waals surface area contributed by atoms with Gasteiger partial charge in [0, 0.05) is 44.5 Å². The maximum Gasteiger partial charge on any atom is 0.0367 e. The summed E-state index contributed by atoms with van der Waals surface area (Å²) in [6.45, 7) is 8.22. The van der Waals surface area contributed by atoms with E-state index in [9.17, 15) is 0 Å². The van der Waals surface area contributed by atoms with Crippen molar-refractivity contribution in [3.63, 3.8) is 0 Å². The number of nitrogens with two attached hydrogens (primary N) is 1. The molecule has 110 valence electrons. The third-order valence-corrected chi connectivity index (χ3v) is 4.71. The van der Waals surface area contributed by atoms with E-state index >= 15 is 0 Å². The van der Waals surface area contributed by atoms with E-state index in [0.717, 1.165) is 25.4 Å². The van der Waals surface area contributed by atoms with Crippen LogP contribution in [0.15, 0.2) is 24.3 Å². The number of hydrogen-bond acceptors (Lipinski definition) is 3. The summed E-state index contributed by atoms with van der Waals surface area (Å²) in [5, 5.41) is 0. The third kappa shape index (κ3) is 3.33. The molecule has 1 aliphatic carbocycles. The van der Waals surface area contributed by atoms with E-state index in [4.69, 9.17) is 5.73 Å². The molecule has 1 aromatic rings. The van der Waals surface area contributed by atoms with Crippen molar-refractivity contribution in [3.8, 4) is 0 Å². The van der Waals surface area contributed by atoms with E-state index in [-0.39, 0.29) is 6.04 Å². The maximum atomic E-state index is 6.07. The summed E-state index contributed by atoms with van der Waals surface area (Å²) in [4.78, 5) is 5.14. The van der Waals surface area contributed by atoms with Crippen LogP contribution in [0.1, 0.15) is 37.8 Å². The lowest BCUT2D eigenvalue weighted by molar-refractivity contribution is 0.248. The molecule has 2 fully saturated rings. The fourth-order valence-electron chi connectivity index (χ4n) is 3.02. The third-order valence-electron chi connectivity index (χ3n) is 4.71. The first-order valence-corrected chi connectivity index (χ1v) is 8.09. The van der Waals surface area contributed by atoms with Crippen molar-refractivity contribution in [2.24, 2.45) is 11.7 Å². The zero-order valence-electron chi connectivity index (χ0n) is 12.6. The topological polar surface area (TPSA) is 32.5 Å². The van der Waals surface area contributed by atoms with Gasteiger partial charge in [-0.25, -0.2) is 0 Å². The molecule has 3 rings (SSSR count). The van der Waals surface area contributed by atoms with E-state index in [1.165, 1.54) is 43.7 Å². The van der Waals surface area contributed by atoms with Crippen molar-refractivity contribution < 1.29 is 0 Å². The molecule has 1 saturated heterocycles. The second-order valence-corrected chi connectivity index (χ2v) is 6.34. The average molecular weight is 273 g/mol. The van der Waals surface area contributed by atoms with Crippen molar-refractivity contribution in [2.75, 3.05) is 37.6 Å². The minimum atomic E-state index is 0.180. The number of piperazine rings is 1. The first-order chi connectivity index (χ1) is 9.76. The lowest BCUT2D eigenvalue weighted by Gasteiger charge is -2.36. The van der Waals surface area contributed by atoms with Crippen molar-refractivity contribution in [2.45, 2.75) is 32.2 Å². The van der Waals surface area contributed by atoms with E-state index in [1.54, 1.807) is 0 Å². The molecule has 0 unspecified atom stereocenters. The minimum absolute atomic E-state index is 0.180. The Bertz CT molecular complexity index is 416. The summed E-state index contributed by atoms with van der Waals surface area (Å²) in [6, 6.07) is 9.04. The van der Waals surface area contributed by atoms with Crippen molar-refractivity contribution in [1.29, 1.82) is 0 Å². The van der Waals surface area contributed by atoms with Crippen molar-refractivity contribution in [1.82, 2.24) is 4.90 Å². The van der Waals surface area contributed by atoms with Gasteiger partial charge >= 0.3 is 0 Å². The van der Waals surface area contributed by atoms with Gasteiger partial charge in [0.1, 0.15) is 0 Å². The Morgan fingerprint density at radius 3 is 2.30 bits per heavy atom. The highest BCUT2D eigenvalue weighted by Gasteiger charge is 2.26. The highest BCUT2D eigenvalue weighted by Crippen LogP contribution is 2.30. The normalized spacial score (nSPS) is 22.0. The molecule has 2 N–H and O–H groups in total. The fourth-order valence-corrected chi connectivity index (χ4v) is 3.02. The molecule has 20 heavy (non-hydrogen) atoms. The monoisotopic (exact) mass is 273 g/mol. The van der Waals surface area contributed by atoms with Crippen LogP contribution in [0, 0.1) is 5.92 Å². The Labute approximate surface area is 122 Å². The van der Waals surface area contributed by atoms with Gasteiger partial charge in [0.05, 0.1) is 0 Å². The largest absolute Gasteiger partial charge is 0.369 e.